The third kappa shape index (κ3) is 16.8. The van der Waals surface area contributed by atoms with Crippen LogP contribution in [0.25, 0.3) is 0 Å². The van der Waals surface area contributed by atoms with Crippen LogP contribution in [0.4, 0.5) is 0 Å². The number of ether oxygens (including phenoxy) is 6. The summed E-state index contributed by atoms with van der Waals surface area (Å²) < 4.78 is 49.5. The zero-order valence-electron chi connectivity index (χ0n) is 18.1. The quantitative estimate of drug-likeness (QED) is 0.177. The van der Waals surface area contributed by atoms with Crippen LogP contribution in [0.2, 0.25) is 6.04 Å². The predicted molar refractivity (Wildman–Crippen MR) is 107 cm³/mol. The van der Waals surface area contributed by atoms with Crippen molar-refractivity contribution in [2.75, 3.05) is 101 Å². The van der Waals surface area contributed by atoms with Crippen molar-refractivity contribution in [3.8, 4) is 0 Å². The maximum atomic E-state index is 6.07. The van der Waals surface area contributed by atoms with Crippen LogP contribution in [-0.4, -0.2) is 109 Å². The van der Waals surface area contributed by atoms with Crippen LogP contribution < -0.4 is 0 Å². The summed E-state index contributed by atoms with van der Waals surface area (Å²) in [7, 11) is 2.09. The molecular formula is C18H40O9Si. The van der Waals surface area contributed by atoms with E-state index in [9.17, 15) is 0 Å². The fraction of sp³-hybridized carbons (Fsp3) is 1.00. The summed E-state index contributed by atoms with van der Waals surface area (Å²) in [6, 6.07) is 0.723. The molecule has 0 aliphatic carbocycles. The first-order valence-corrected chi connectivity index (χ1v) is 11.8. The van der Waals surface area contributed by atoms with Gasteiger partial charge in [-0.05, 0) is 0 Å². The van der Waals surface area contributed by atoms with E-state index >= 15 is 0 Å². The van der Waals surface area contributed by atoms with Crippen LogP contribution in [-0.2, 0) is 41.7 Å². The van der Waals surface area contributed by atoms with Crippen LogP contribution in [0.5, 0.6) is 0 Å². The largest absolute Gasteiger partial charge is 0.501 e. The molecule has 0 saturated heterocycles. The van der Waals surface area contributed by atoms with Crippen molar-refractivity contribution in [3.05, 3.63) is 0 Å². The molecule has 0 aliphatic heterocycles. The molecule has 0 rings (SSSR count). The SMILES string of the molecule is CCC[Si](OCCOCCOC)(OCCOCCOC)OCCOCCOC. The minimum absolute atomic E-state index is 0.408. The van der Waals surface area contributed by atoms with Crippen molar-refractivity contribution in [2.45, 2.75) is 19.4 Å². The molecule has 9 nitrogen and oxygen atoms in total. The van der Waals surface area contributed by atoms with Crippen molar-refractivity contribution in [1.82, 2.24) is 0 Å². The average Bonchev–Trinajstić information content (AvgIpc) is 2.70. The molecule has 0 atom stereocenters. The molecular weight excluding hydrogens is 388 g/mol. The van der Waals surface area contributed by atoms with Gasteiger partial charge in [-0.1, -0.05) is 13.3 Å². The van der Waals surface area contributed by atoms with Crippen LogP contribution in [0, 0.1) is 0 Å². The number of rotatable bonds is 23. The molecule has 0 unspecified atom stereocenters. The predicted octanol–water partition coefficient (Wildman–Crippen LogP) is 1.37. The fourth-order valence-corrected chi connectivity index (χ4v) is 4.63. The first-order chi connectivity index (χ1) is 13.7. The van der Waals surface area contributed by atoms with E-state index in [2.05, 4.69) is 6.92 Å². The van der Waals surface area contributed by atoms with E-state index in [4.69, 9.17) is 41.7 Å². The van der Waals surface area contributed by atoms with Gasteiger partial charge in [0.05, 0.1) is 79.3 Å². The average molecular weight is 429 g/mol. The summed E-state index contributed by atoms with van der Waals surface area (Å²) >= 11 is 0. The van der Waals surface area contributed by atoms with Crippen molar-refractivity contribution in [2.24, 2.45) is 0 Å². The first kappa shape index (κ1) is 27.9. The van der Waals surface area contributed by atoms with Gasteiger partial charge in [0, 0.05) is 27.4 Å². The number of hydrogen-bond acceptors (Lipinski definition) is 9. The topological polar surface area (TPSA) is 83.1 Å². The second-order valence-electron chi connectivity index (χ2n) is 5.79. The third-order valence-corrected chi connectivity index (χ3v) is 6.54. The van der Waals surface area contributed by atoms with E-state index < -0.39 is 8.80 Å². The molecule has 10 heteroatoms. The lowest BCUT2D eigenvalue weighted by molar-refractivity contribution is -0.0111. The Morgan fingerprint density at radius 1 is 0.464 bits per heavy atom. The summed E-state index contributed by atoms with van der Waals surface area (Å²) in [5.74, 6) is 0. The van der Waals surface area contributed by atoms with Crippen molar-refractivity contribution in [1.29, 1.82) is 0 Å². The van der Waals surface area contributed by atoms with E-state index in [1.54, 1.807) is 21.3 Å². The van der Waals surface area contributed by atoms with Crippen molar-refractivity contribution in [3.63, 3.8) is 0 Å². The molecule has 0 bridgehead atoms. The summed E-state index contributed by atoms with van der Waals surface area (Å²) in [5, 5.41) is 0. The van der Waals surface area contributed by atoms with Gasteiger partial charge < -0.3 is 41.7 Å². The first-order valence-electron chi connectivity index (χ1n) is 9.86. The van der Waals surface area contributed by atoms with Gasteiger partial charge >= 0.3 is 8.80 Å². The number of methoxy groups -OCH3 is 3. The van der Waals surface area contributed by atoms with E-state index in [1.807, 2.05) is 0 Å². The van der Waals surface area contributed by atoms with Crippen LogP contribution in [0.1, 0.15) is 13.3 Å². The Labute approximate surface area is 171 Å². The lowest BCUT2D eigenvalue weighted by atomic mass is 10.6. The smallest absolute Gasteiger partial charge is 0.382 e. The van der Waals surface area contributed by atoms with Gasteiger partial charge in [-0.3, -0.25) is 0 Å². The maximum Gasteiger partial charge on any atom is 0.501 e. The summed E-state index contributed by atoms with van der Waals surface area (Å²) in [6.45, 7) is 7.96. The Morgan fingerprint density at radius 3 is 1.07 bits per heavy atom. The van der Waals surface area contributed by atoms with Gasteiger partial charge in [0.25, 0.3) is 0 Å². The lowest BCUT2D eigenvalue weighted by Crippen LogP contribution is -2.48. The van der Waals surface area contributed by atoms with Crippen LogP contribution in [0.3, 0.4) is 0 Å². The molecule has 0 aromatic heterocycles. The standard InChI is InChI=1S/C18H40O9Si/c1-5-18-28(25-15-12-22-9-6-19-2,26-16-13-23-10-7-20-3)27-17-14-24-11-8-21-4/h5-18H2,1-4H3. The molecule has 0 heterocycles. The Morgan fingerprint density at radius 2 is 0.786 bits per heavy atom. The maximum absolute atomic E-state index is 6.07. The highest BCUT2D eigenvalue weighted by Gasteiger charge is 2.40. The Bertz CT molecular complexity index is 270. The second kappa shape index (κ2) is 21.6. The highest BCUT2D eigenvalue weighted by atomic mass is 28.4. The minimum atomic E-state index is -2.83. The Hall–Kier alpha value is -0.143. The summed E-state index contributed by atoms with van der Waals surface area (Å²) in [4.78, 5) is 0. The van der Waals surface area contributed by atoms with E-state index in [-0.39, 0.29) is 0 Å². The second-order valence-corrected chi connectivity index (χ2v) is 8.53. The molecule has 0 aromatic carbocycles. The Kier molecular flexibility index (Phi) is 21.5. The highest BCUT2D eigenvalue weighted by molar-refractivity contribution is 6.60. The molecule has 0 N–H and O–H groups in total. The van der Waals surface area contributed by atoms with Crippen LogP contribution in [0.15, 0.2) is 0 Å². The molecule has 0 saturated carbocycles. The van der Waals surface area contributed by atoms with Gasteiger partial charge in [0.2, 0.25) is 0 Å². The van der Waals surface area contributed by atoms with Gasteiger partial charge in [-0.2, -0.15) is 0 Å². The van der Waals surface area contributed by atoms with Gasteiger partial charge in [-0.15, -0.1) is 0 Å². The zero-order valence-corrected chi connectivity index (χ0v) is 19.1. The molecule has 0 spiro atoms. The monoisotopic (exact) mass is 428 g/mol. The van der Waals surface area contributed by atoms with Crippen LogP contribution >= 0.6 is 0 Å². The van der Waals surface area contributed by atoms with E-state index in [0.717, 1.165) is 12.5 Å². The Balaban J connectivity index is 4.39. The van der Waals surface area contributed by atoms with Crippen molar-refractivity contribution >= 4 is 8.80 Å². The van der Waals surface area contributed by atoms with Gasteiger partial charge in [0.15, 0.2) is 0 Å². The molecule has 170 valence electrons. The van der Waals surface area contributed by atoms with E-state index in [1.165, 1.54) is 0 Å². The molecule has 0 radical (unpaired) electrons. The van der Waals surface area contributed by atoms with Gasteiger partial charge in [0.1, 0.15) is 0 Å². The molecule has 0 fully saturated rings. The highest BCUT2D eigenvalue weighted by Crippen LogP contribution is 2.18. The van der Waals surface area contributed by atoms with E-state index in [0.29, 0.717) is 79.3 Å². The molecule has 0 aliphatic rings. The zero-order chi connectivity index (χ0) is 20.8. The molecule has 0 aromatic rings. The van der Waals surface area contributed by atoms with Crippen molar-refractivity contribution < 1.29 is 41.7 Å². The lowest BCUT2D eigenvalue weighted by Gasteiger charge is -2.29. The minimum Gasteiger partial charge on any atom is -0.382 e. The molecule has 0 amide bonds. The fourth-order valence-electron chi connectivity index (χ4n) is 2.15. The normalized spacial score (nSPS) is 12.0. The van der Waals surface area contributed by atoms with Gasteiger partial charge in [-0.25, -0.2) is 0 Å². The summed E-state index contributed by atoms with van der Waals surface area (Å²) in [5.41, 5.74) is 0. The third-order valence-electron chi connectivity index (χ3n) is 3.50. The molecule has 28 heavy (non-hydrogen) atoms. The summed E-state index contributed by atoms with van der Waals surface area (Å²) in [6.07, 6.45) is 0.895. The number of hydrogen-bond donors (Lipinski definition) is 0.